The molecule has 1 fully saturated rings. The number of anilines is 1. The number of nitrogens with two attached hydrogens (primary N) is 1. The van der Waals surface area contributed by atoms with Gasteiger partial charge in [0.25, 0.3) is 15.6 Å². The van der Waals surface area contributed by atoms with Gasteiger partial charge in [-0.15, -0.1) is 0 Å². The topological polar surface area (TPSA) is 262 Å². The van der Waals surface area contributed by atoms with Crippen LogP contribution in [-0.4, -0.2) is 33.5 Å². The van der Waals surface area contributed by atoms with Crippen LogP contribution < -0.4 is 31.0 Å². The maximum atomic E-state index is 12.0. The van der Waals surface area contributed by atoms with Gasteiger partial charge >= 0.3 is 5.69 Å². The Bertz CT molecular complexity index is 948. The van der Waals surface area contributed by atoms with E-state index in [9.17, 15) is 43.2 Å². The summed E-state index contributed by atoms with van der Waals surface area (Å²) in [6, 6.07) is 1.27. The molecule has 0 aliphatic carbocycles. The lowest BCUT2D eigenvalue weighted by Crippen LogP contribution is -2.37. The molecule has 3 N–H and O–H groups in total. The zero-order valence-electron chi connectivity index (χ0n) is 14.9. The smallest absolute Gasteiger partial charge is 0.351 e. The normalized spacial score (nSPS) is 27.0. The molecule has 5 atom stereocenters. The first-order valence-corrected chi connectivity index (χ1v) is 12.5. The molecule has 16 nitrogen and oxygen atoms in total. The van der Waals surface area contributed by atoms with Gasteiger partial charge in [0, 0.05) is 6.20 Å². The summed E-state index contributed by atoms with van der Waals surface area (Å²) in [7, 11) is -17.9. The molecule has 172 valence electrons. The van der Waals surface area contributed by atoms with Gasteiger partial charge in [0.05, 0.1) is 26.6 Å². The molecule has 1 aromatic heterocycles. The fraction of sp³-hybridized carbons (Fsp3) is 0.636. The van der Waals surface area contributed by atoms with Crippen molar-refractivity contribution in [3.63, 3.8) is 0 Å². The third kappa shape index (κ3) is 7.93. The third-order valence-electron chi connectivity index (χ3n) is 3.63. The summed E-state index contributed by atoms with van der Waals surface area (Å²) in [4.78, 5) is 58.8. The van der Waals surface area contributed by atoms with Crippen LogP contribution in [0.5, 0.6) is 0 Å². The molecule has 0 bridgehead atoms. The second-order valence-corrected chi connectivity index (χ2v) is 10.2. The van der Waals surface area contributed by atoms with Crippen LogP contribution >= 0.6 is 23.5 Å². The van der Waals surface area contributed by atoms with Crippen LogP contribution in [0.25, 0.3) is 0 Å². The van der Waals surface area contributed by atoms with E-state index in [4.69, 9.17) is 10.5 Å². The zero-order valence-corrected chi connectivity index (χ0v) is 17.6. The molecule has 1 aromatic rings. The fourth-order valence-electron chi connectivity index (χ4n) is 2.50. The number of phosphoric ester groups is 1. The molecule has 0 amide bonds. The van der Waals surface area contributed by atoms with Gasteiger partial charge in [-0.25, -0.2) is 9.11 Å². The minimum atomic E-state index is -6.10. The molecule has 0 saturated carbocycles. The number of aliphatic hydroxyl groups is 1. The van der Waals surface area contributed by atoms with Gasteiger partial charge in [-0.1, -0.05) is 0 Å². The number of aromatic nitrogens is 2. The number of aliphatic hydroxyl groups excluding tert-OH is 1. The Kier molecular flexibility index (Phi) is 8.13. The van der Waals surface area contributed by atoms with E-state index in [1.807, 2.05) is 0 Å². The van der Waals surface area contributed by atoms with Crippen molar-refractivity contribution in [2.24, 2.45) is 0 Å². The molecule has 1 saturated heterocycles. The van der Waals surface area contributed by atoms with E-state index in [2.05, 4.69) is 18.1 Å². The van der Waals surface area contributed by atoms with Gasteiger partial charge in [0.15, 0.2) is 6.23 Å². The summed E-state index contributed by atoms with van der Waals surface area (Å²) in [5.74, 6) is -0.0753. The second kappa shape index (κ2) is 9.65. The van der Waals surface area contributed by atoms with Crippen LogP contribution in [0.2, 0.25) is 0 Å². The van der Waals surface area contributed by atoms with Crippen LogP contribution in [0.1, 0.15) is 25.5 Å². The molecular weight excluding hydrogens is 475 g/mol. The van der Waals surface area contributed by atoms with Crippen LogP contribution in [0.15, 0.2) is 17.1 Å². The van der Waals surface area contributed by atoms with E-state index in [0.717, 1.165) is 4.57 Å². The SMILES string of the molecule is Nc1ccn([C@@H]2O[C@H](COP(=O)([O-])OP(=O)([O-])OP(=O)([O-])[O-])CCC[C@H]2O)c(=O)n1. The summed E-state index contributed by atoms with van der Waals surface area (Å²) in [6.07, 6.45) is -1.72. The molecule has 0 radical (unpaired) electrons. The van der Waals surface area contributed by atoms with E-state index >= 15 is 0 Å². The average molecular weight is 491 g/mol. The Morgan fingerprint density at radius 3 is 2.47 bits per heavy atom. The fourth-order valence-corrected chi connectivity index (χ4v) is 5.39. The number of rotatable bonds is 8. The van der Waals surface area contributed by atoms with Crippen molar-refractivity contribution in [1.29, 1.82) is 0 Å². The van der Waals surface area contributed by atoms with Crippen molar-refractivity contribution in [2.75, 3.05) is 12.3 Å². The van der Waals surface area contributed by atoms with Crippen molar-refractivity contribution in [2.45, 2.75) is 37.7 Å². The predicted molar refractivity (Wildman–Crippen MR) is 87.6 cm³/mol. The highest BCUT2D eigenvalue weighted by molar-refractivity contribution is 7.64. The van der Waals surface area contributed by atoms with Crippen molar-refractivity contribution in [3.05, 3.63) is 22.7 Å². The third-order valence-corrected chi connectivity index (χ3v) is 7.30. The van der Waals surface area contributed by atoms with Gasteiger partial charge in [0.1, 0.15) is 5.82 Å². The lowest BCUT2D eigenvalue weighted by molar-refractivity contribution is -0.339. The molecule has 2 heterocycles. The minimum Gasteiger partial charge on any atom is -0.790 e. The largest absolute Gasteiger partial charge is 0.790 e. The number of nitrogen functional groups attached to an aromatic ring is 1. The summed E-state index contributed by atoms with van der Waals surface area (Å²) in [5, 5.41) is 10.2. The summed E-state index contributed by atoms with van der Waals surface area (Å²) in [5.41, 5.74) is 4.55. The van der Waals surface area contributed by atoms with Gasteiger partial charge < -0.3 is 44.2 Å². The maximum absolute atomic E-state index is 12.0. The molecule has 2 rings (SSSR count). The number of phosphoric acid groups is 3. The van der Waals surface area contributed by atoms with Crippen molar-refractivity contribution in [3.8, 4) is 0 Å². The van der Waals surface area contributed by atoms with Gasteiger partial charge in [0.2, 0.25) is 0 Å². The monoisotopic (exact) mass is 491 g/mol. The molecule has 0 spiro atoms. The zero-order chi connectivity index (χ0) is 22.7. The maximum Gasteiger partial charge on any atom is 0.351 e. The van der Waals surface area contributed by atoms with Crippen LogP contribution in [0.3, 0.4) is 0 Å². The summed E-state index contributed by atoms with van der Waals surface area (Å²) < 4.78 is 50.4. The van der Waals surface area contributed by atoms with E-state index in [0.29, 0.717) is 6.42 Å². The van der Waals surface area contributed by atoms with Crippen molar-refractivity contribution in [1.82, 2.24) is 9.55 Å². The van der Waals surface area contributed by atoms with Gasteiger partial charge in [-0.3, -0.25) is 18.0 Å². The molecule has 30 heavy (non-hydrogen) atoms. The average Bonchev–Trinajstić information content (AvgIpc) is 2.71. The quantitative estimate of drug-likeness (QED) is 0.345. The number of hydrogen-bond donors (Lipinski definition) is 2. The highest BCUT2D eigenvalue weighted by Gasteiger charge is 2.31. The molecule has 0 aromatic carbocycles. The van der Waals surface area contributed by atoms with E-state index in [-0.39, 0.29) is 18.7 Å². The van der Waals surface area contributed by atoms with E-state index < -0.39 is 54.2 Å². The summed E-state index contributed by atoms with van der Waals surface area (Å²) >= 11 is 0. The number of nitrogens with zero attached hydrogens (tertiary/aromatic N) is 2. The highest BCUT2D eigenvalue weighted by atomic mass is 31.3. The lowest BCUT2D eigenvalue weighted by Gasteiger charge is -2.37. The summed E-state index contributed by atoms with van der Waals surface area (Å²) in [6.45, 7) is -0.826. The number of hydrogen-bond acceptors (Lipinski definition) is 15. The van der Waals surface area contributed by atoms with Crippen molar-refractivity contribution < 1.29 is 56.3 Å². The first kappa shape index (κ1) is 25.3. The predicted octanol–water partition coefficient (Wildman–Crippen LogP) is -2.93. The van der Waals surface area contributed by atoms with E-state index in [1.54, 1.807) is 0 Å². The molecule has 2 unspecified atom stereocenters. The molecule has 1 aliphatic rings. The molecular formula is C11H16N3O13P3-4. The van der Waals surface area contributed by atoms with Crippen LogP contribution in [-0.2, 0) is 31.6 Å². The first-order valence-electron chi connectivity index (χ1n) is 8.07. The van der Waals surface area contributed by atoms with E-state index in [1.165, 1.54) is 12.3 Å². The number of ether oxygens (including phenoxy) is 1. The second-order valence-electron chi connectivity index (χ2n) is 5.99. The van der Waals surface area contributed by atoms with Crippen LogP contribution in [0.4, 0.5) is 5.82 Å². The molecule has 1 aliphatic heterocycles. The Balaban J connectivity index is 2.07. The Morgan fingerprint density at radius 2 is 1.87 bits per heavy atom. The standard InChI is InChI=1S/C11H20N3O13P3/c12-9-4-5-14(11(16)13-9)10-8(15)3-1-2-7(25-10)6-24-29(20,21)27-30(22,23)26-28(17,18)19/h4-5,7-8,10,15H,1-3,6H2,(H,20,21)(H,22,23)(H2,12,13,16)(H2,17,18,19)/p-4/t7-,8+,10+/m0/s1. The Labute approximate surface area is 168 Å². The van der Waals surface area contributed by atoms with Gasteiger partial charge in [-0.05, 0) is 25.3 Å². The highest BCUT2D eigenvalue weighted by Crippen LogP contribution is 2.60. The lowest BCUT2D eigenvalue weighted by atomic mass is 10.1. The first-order chi connectivity index (χ1) is 13.7. The Hall–Kier alpha value is -0.990. The van der Waals surface area contributed by atoms with Gasteiger partial charge in [-0.2, -0.15) is 4.98 Å². The van der Waals surface area contributed by atoms with Crippen molar-refractivity contribution >= 4 is 29.3 Å². The molecule has 19 heteroatoms. The van der Waals surface area contributed by atoms with Crippen LogP contribution in [0, 0.1) is 0 Å². The Morgan fingerprint density at radius 1 is 1.20 bits per heavy atom. The minimum absolute atomic E-state index is 0.0753.